The Morgan fingerprint density at radius 2 is 2.00 bits per heavy atom. The molecule has 0 radical (unpaired) electrons. The molecule has 1 unspecified atom stereocenters. The number of aliphatic hydroxyl groups is 1. The Hall–Kier alpha value is -2.14. The summed E-state index contributed by atoms with van der Waals surface area (Å²) in [6, 6.07) is 9.57. The first kappa shape index (κ1) is 14.3. The van der Waals surface area contributed by atoms with Crippen LogP contribution < -0.4 is 11.1 Å². The lowest BCUT2D eigenvalue weighted by molar-refractivity contribution is 0.276. The summed E-state index contributed by atoms with van der Waals surface area (Å²) in [5.74, 6) is 1.19. The van der Waals surface area contributed by atoms with Crippen LogP contribution in [-0.2, 0) is 6.42 Å². The first-order chi connectivity index (χ1) is 9.76. The maximum Gasteiger partial charge on any atom is 0.135 e. The van der Waals surface area contributed by atoms with E-state index in [-0.39, 0.29) is 12.6 Å². The van der Waals surface area contributed by atoms with Gasteiger partial charge in [0, 0.05) is 5.56 Å². The second-order valence-corrected chi connectivity index (χ2v) is 4.63. The van der Waals surface area contributed by atoms with E-state index in [1.807, 2.05) is 30.3 Å². The van der Waals surface area contributed by atoms with Crippen molar-refractivity contribution in [1.82, 2.24) is 9.97 Å². The standard InChI is InChI=1S/C15H20N4O/c1-2-6-12-14(16)17-10-18-15(12)19-13(9-20)11-7-4-3-5-8-11/h3-5,7-8,10,13,20H,2,6,9H2,1H3,(H3,16,17,18,19). The highest BCUT2D eigenvalue weighted by Crippen LogP contribution is 2.24. The number of hydrogen-bond donors (Lipinski definition) is 3. The largest absolute Gasteiger partial charge is 0.394 e. The zero-order chi connectivity index (χ0) is 14.4. The molecule has 0 saturated heterocycles. The van der Waals surface area contributed by atoms with E-state index in [1.165, 1.54) is 6.33 Å². The van der Waals surface area contributed by atoms with Crippen molar-refractivity contribution in [3.8, 4) is 0 Å². The molecule has 0 bridgehead atoms. The maximum absolute atomic E-state index is 9.59. The molecule has 4 N–H and O–H groups in total. The molecule has 1 aromatic carbocycles. The van der Waals surface area contributed by atoms with E-state index < -0.39 is 0 Å². The summed E-state index contributed by atoms with van der Waals surface area (Å²) < 4.78 is 0. The average molecular weight is 272 g/mol. The Morgan fingerprint density at radius 1 is 1.25 bits per heavy atom. The Morgan fingerprint density at radius 3 is 2.65 bits per heavy atom. The van der Waals surface area contributed by atoms with Crippen LogP contribution in [0.4, 0.5) is 11.6 Å². The van der Waals surface area contributed by atoms with E-state index in [0.717, 1.165) is 24.0 Å². The molecule has 1 heterocycles. The van der Waals surface area contributed by atoms with Gasteiger partial charge in [-0.05, 0) is 12.0 Å². The lowest BCUT2D eigenvalue weighted by atomic mass is 10.1. The van der Waals surface area contributed by atoms with E-state index in [0.29, 0.717) is 11.6 Å². The number of anilines is 2. The lowest BCUT2D eigenvalue weighted by Crippen LogP contribution is -2.17. The highest BCUT2D eigenvalue weighted by atomic mass is 16.3. The van der Waals surface area contributed by atoms with Gasteiger partial charge in [-0.15, -0.1) is 0 Å². The summed E-state index contributed by atoms with van der Waals surface area (Å²) >= 11 is 0. The minimum absolute atomic E-state index is 0.0144. The van der Waals surface area contributed by atoms with Gasteiger partial charge < -0.3 is 16.2 Å². The van der Waals surface area contributed by atoms with Gasteiger partial charge in [-0.2, -0.15) is 0 Å². The summed E-state index contributed by atoms with van der Waals surface area (Å²) in [5.41, 5.74) is 7.83. The molecule has 20 heavy (non-hydrogen) atoms. The summed E-state index contributed by atoms with van der Waals surface area (Å²) in [7, 11) is 0. The van der Waals surface area contributed by atoms with Crippen molar-refractivity contribution < 1.29 is 5.11 Å². The molecular weight excluding hydrogens is 252 g/mol. The van der Waals surface area contributed by atoms with Crippen LogP contribution in [0.15, 0.2) is 36.7 Å². The monoisotopic (exact) mass is 272 g/mol. The number of nitrogens with two attached hydrogens (primary N) is 1. The Kier molecular flexibility index (Phi) is 4.90. The lowest BCUT2D eigenvalue weighted by Gasteiger charge is -2.19. The van der Waals surface area contributed by atoms with E-state index in [2.05, 4.69) is 22.2 Å². The summed E-state index contributed by atoms with van der Waals surface area (Å²) in [4.78, 5) is 8.29. The molecule has 1 atom stereocenters. The van der Waals surface area contributed by atoms with Gasteiger partial charge >= 0.3 is 0 Å². The highest BCUT2D eigenvalue weighted by Gasteiger charge is 2.14. The van der Waals surface area contributed by atoms with Crippen LogP contribution in [-0.4, -0.2) is 21.7 Å². The molecule has 1 aromatic heterocycles. The highest BCUT2D eigenvalue weighted by molar-refractivity contribution is 5.56. The van der Waals surface area contributed by atoms with Crippen molar-refractivity contribution in [2.75, 3.05) is 17.7 Å². The molecule has 106 valence electrons. The van der Waals surface area contributed by atoms with Crippen LogP contribution in [0, 0.1) is 0 Å². The van der Waals surface area contributed by atoms with Crippen molar-refractivity contribution in [3.63, 3.8) is 0 Å². The maximum atomic E-state index is 9.59. The zero-order valence-corrected chi connectivity index (χ0v) is 11.6. The quantitative estimate of drug-likeness (QED) is 0.750. The number of aromatic nitrogens is 2. The number of benzene rings is 1. The van der Waals surface area contributed by atoms with E-state index >= 15 is 0 Å². The first-order valence-corrected chi connectivity index (χ1v) is 6.78. The van der Waals surface area contributed by atoms with Crippen molar-refractivity contribution in [3.05, 3.63) is 47.8 Å². The molecule has 0 spiro atoms. The molecule has 0 amide bonds. The van der Waals surface area contributed by atoms with E-state index in [1.54, 1.807) is 0 Å². The van der Waals surface area contributed by atoms with E-state index in [9.17, 15) is 5.11 Å². The van der Waals surface area contributed by atoms with Gasteiger partial charge in [-0.3, -0.25) is 0 Å². The van der Waals surface area contributed by atoms with Gasteiger partial charge in [0.2, 0.25) is 0 Å². The van der Waals surface area contributed by atoms with Gasteiger partial charge in [0.05, 0.1) is 12.6 Å². The zero-order valence-electron chi connectivity index (χ0n) is 11.6. The third-order valence-corrected chi connectivity index (χ3v) is 3.17. The van der Waals surface area contributed by atoms with Crippen molar-refractivity contribution >= 4 is 11.6 Å². The fourth-order valence-electron chi connectivity index (χ4n) is 2.13. The van der Waals surface area contributed by atoms with Gasteiger partial charge in [-0.25, -0.2) is 9.97 Å². The molecule has 5 heteroatoms. The normalized spacial score (nSPS) is 12.1. The molecule has 2 rings (SSSR count). The van der Waals surface area contributed by atoms with Crippen LogP contribution in [0.2, 0.25) is 0 Å². The molecule has 2 aromatic rings. The van der Waals surface area contributed by atoms with Gasteiger partial charge in [0.15, 0.2) is 0 Å². The average Bonchev–Trinajstić information content (AvgIpc) is 2.49. The number of hydrogen-bond acceptors (Lipinski definition) is 5. The first-order valence-electron chi connectivity index (χ1n) is 6.78. The van der Waals surface area contributed by atoms with Crippen molar-refractivity contribution in [2.24, 2.45) is 0 Å². The van der Waals surface area contributed by atoms with Crippen LogP contribution >= 0.6 is 0 Å². The predicted molar refractivity (Wildman–Crippen MR) is 80.3 cm³/mol. The SMILES string of the molecule is CCCc1c(N)ncnc1NC(CO)c1ccccc1. The molecule has 0 saturated carbocycles. The van der Waals surface area contributed by atoms with Crippen LogP contribution in [0.3, 0.4) is 0 Å². The van der Waals surface area contributed by atoms with Crippen LogP contribution in [0.25, 0.3) is 0 Å². The summed E-state index contributed by atoms with van der Waals surface area (Å²) in [6.45, 7) is 2.07. The minimum Gasteiger partial charge on any atom is -0.394 e. The number of nitrogens with one attached hydrogen (secondary N) is 1. The molecule has 0 aliphatic carbocycles. The molecule has 0 aliphatic heterocycles. The fourth-order valence-corrected chi connectivity index (χ4v) is 2.13. The molecule has 5 nitrogen and oxygen atoms in total. The second-order valence-electron chi connectivity index (χ2n) is 4.63. The Labute approximate surface area is 118 Å². The van der Waals surface area contributed by atoms with Crippen molar-refractivity contribution in [2.45, 2.75) is 25.8 Å². The summed E-state index contributed by atoms with van der Waals surface area (Å²) in [5, 5.41) is 12.9. The Balaban J connectivity index is 2.26. The van der Waals surface area contributed by atoms with Crippen LogP contribution in [0.1, 0.15) is 30.5 Å². The van der Waals surface area contributed by atoms with Gasteiger partial charge in [-0.1, -0.05) is 43.7 Å². The molecule has 0 aliphatic rings. The minimum atomic E-state index is -0.207. The molecule has 0 fully saturated rings. The van der Waals surface area contributed by atoms with Gasteiger partial charge in [0.25, 0.3) is 0 Å². The fraction of sp³-hybridized carbons (Fsp3) is 0.333. The number of rotatable bonds is 6. The Bertz CT molecular complexity index is 545. The van der Waals surface area contributed by atoms with Gasteiger partial charge in [0.1, 0.15) is 18.0 Å². The topological polar surface area (TPSA) is 84.1 Å². The molecular formula is C15H20N4O. The van der Waals surface area contributed by atoms with Crippen molar-refractivity contribution in [1.29, 1.82) is 0 Å². The van der Waals surface area contributed by atoms with Crippen LogP contribution in [0.5, 0.6) is 0 Å². The smallest absolute Gasteiger partial charge is 0.135 e. The third-order valence-electron chi connectivity index (χ3n) is 3.17. The predicted octanol–water partition coefficient (Wildman–Crippen LogP) is 2.16. The summed E-state index contributed by atoms with van der Waals surface area (Å²) in [6.07, 6.45) is 3.21. The number of nitrogen functional groups attached to an aromatic ring is 1. The van der Waals surface area contributed by atoms with E-state index in [4.69, 9.17) is 5.73 Å². The number of aliphatic hydroxyl groups excluding tert-OH is 1. The second kappa shape index (κ2) is 6.86. The number of nitrogens with zero attached hydrogens (tertiary/aromatic N) is 2. The third kappa shape index (κ3) is 3.24.